The minimum atomic E-state index is 0.241. The molecule has 6 rings (SSSR count). The van der Waals surface area contributed by atoms with Crippen molar-refractivity contribution in [1.29, 1.82) is 5.26 Å². The summed E-state index contributed by atoms with van der Waals surface area (Å²) in [5.74, 6) is 1.48. The Morgan fingerprint density at radius 2 is 1.76 bits per heavy atom. The zero-order valence-corrected chi connectivity index (χ0v) is 17.9. The molecule has 158 valence electrons. The van der Waals surface area contributed by atoms with Crippen LogP contribution in [-0.4, -0.2) is 16.2 Å². The Labute approximate surface area is 190 Å². The van der Waals surface area contributed by atoms with Gasteiger partial charge < -0.3 is 9.47 Å². The number of rotatable bonds is 3. The number of benzene rings is 3. The second-order valence-corrected chi connectivity index (χ2v) is 8.04. The number of hydrogen-bond donors (Lipinski definition) is 0. The molecule has 0 unspecified atom stereocenters. The van der Waals surface area contributed by atoms with Gasteiger partial charge in [0.15, 0.2) is 17.1 Å². The van der Waals surface area contributed by atoms with Crippen molar-refractivity contribution in [1.82, 2.24) is 9.38 Å². The fourth-order valence-corrected chi connectivity index (χ4v) is 4.24. The van der Waals surface area contributed by atoms with Crippen molar-refractivity contribution >= 4 is 28.8 Å². The number of pyridine rings is 1. The number of imidazole rings is 1. The topological polar surface area (TPSA) is 59.5 Å². The minimum absolute atomic E-state index is 0.241. The van der Waals surface area contributed by atoms with Crippen molar-refractivity contribution in [2.75, 3.05) is 6.79 Å². The second kappa shape index (κ2) is 7.54. The van der Waals surface area contributed by atoms with Crippen LogP contribution in [0.5, 0.6) is 11.5 Å². The zero-order chi connectivity index (χ0) is 22.4. The Kier molecular flexibility index (Phi) is 4.38. The molecule has 0 aliphatic carbocycles. The van der Waals surface area contributed by atoms with Crippen LogP contribution in [0.25, 0.3) is 40.1 Å². The highest BCUT2D eigenvalue weighted by molar-refractivity contribution is 5.89. The normalized spacial score (nSPS) is 12.6. The molecule has 0 saturated heterocycles. The molecule has 0 radical (unpaired) electrons. The maximum absolute atomic E-state index is 10.1. The predicted molar refractivity (Wildman–Crippen MR) is 129 cm³/mol. The number of nitrogens with zero attached hydrogens (tertiary/aromatic N) is 3. The lowest BCUT2D eigenvalue weighted by Crippen LogP contribution is -1.98. The molecule has 0 fully saturated rings. The molecule has 0 spiro atoms. The number of hydrogen-bond acceptors (Lipinski definition) is 4. The largest absolute Gasteiger partial charge is 0.454 e. The summed E-state index contributed by atoms with van der Waals surface area (Å²) in [4.78, 5) is 4.82. The number of nitriles is 1. The quantitative estimate of drug-likeness (QED) is 0.341. The molecule has 5 nitrogen and oxygen atoms in total. The average molecular weight is 429 g/mol. The zero-order valence-electron chi connectivity index (χ0n) is 17.9. The van der Waals surface area contributed by atoms with E-state index in [1.165, 1.54) is 5.56 Å². The highest BCUT2D eigenvalue weighted by Crippen LogP contribution is 2.34. The maximum atomic E-state index is 10.1. The van der Waals surface area contributed by atoms with Crippen LogP contribution in [0.4, 0.5) is 0 Å². The Hall–Kier alpha value is -4.56. The second-order valence-electron chi connectivity index (χ2n) is 8.04. The monoisotopic (exact) mass is 429 g/mol. The summed E-state index contributed by atoms with van der Waals surface area (Å²) in [6.07, 6.45) is 3.95. The fraction of sp³-hybridized carbons (Fsp3) is 0.0714. The lowest BCUT2D eigenvalue weighted by atomic mass is 10.0. The van der Waals surface area contributed by atoms with Crippen LogP contribution in [0.2, 0.25) is 0 Å². The van der Waals surface area contributed by atoms with Crippen molar-refractivity contribution in [3.8, 4) is 28.8 Å². The minimum Gasteiger partial charge on any atom is -0.454 e. The lowest BCUT2D eigenvalue weighted by molar-refractivity contribution is 0.174. The molecule has 1 aliphatic rings. The van der Waals surface area contributed by atoms with Crippen LogP contribution in [0.15, 0.2) is 72.8 Å². The van der Waals surface area contributed by atoms with Crippen LogP contribution in [-0.2, 0) is 0 Å². The first-order chi connectivity index (χ1) is 16.2. The number of aromatic nitrogens is 2. The number of fused-ring (bicyclic) bond motifs is 4. The Balaban J connectivity index is 1.58. The summed E-state index contributed by atoms with van der Waals surface area (Å²) < 4.78 is 13.0. The molecule has 0 bridgehead atoms. The summed E-state index contributed by atoms with van der Waals surface area (Å²) in [5.41, 5.74) is 8.06. The Morgan fingerprint density at radius 3 is 2.61 bits per heavy atom. The fourth-order valence-electron chi connectivity index (χ4n) is 4.24. The van der Waals surface area contributed by atoms with Crippen LogP contribution >= 0.6 is 0 Å². The number of aryl methyl sites for hydroxylation is 1. The summed E-state index contributed by atoms with van der Waals surface area (Å²) in [6, 6.07) is 26.6. The highest BCUT2D eigenvalue weighted by Gasteiger charge is 2.17. The van der Waals surface area contributed by atoms with E-state index >= 15 is 0 Å². The molecule has 0 amide bonds. The van der Waals surface area contributed by atoms with Gasteiger partial charge in [0.05, 0.1) is 16.7 Å². The third-order valence-corrected chi connectivity index (χ3v) is 5.92. The maximum Gasteiger partial charge on any atom is 0.231 e. The number of para-hydroxylation sites is 2. The molecule has 3 heterocycles. The van der Waals surface area contributed by atoms with E-state index in [1.807, 2.05) is 54.6 Å². The van der Waals surface area contributed by atoms with Gasteiger partial charge in [-0.3, -0.25) is 4.40 Å². The van der Waals surface area contributed by atoms with E-state index in [-0.39, 0.29) is 6.79 Å². The van der Waals surface area contributed by atoms with Crippen LogP contribution in [0, 0.1) is 18.3 Å². The van der Waals surface area contributed by atoms with Crippen LogP contribution in [0.1, 0.15) is 22.3 Å². The van der Waals surface area contributed by atoms with Crippen molar-refractivity contribution in [3.63, 3.8) is 0 Å². The first-order valence-corrected chi connectivity index (χ1v) is 10.7. The molecule has 3 aromatic carbocycles. The van der Waals surface area contributed by atoms with E-state index in [2.05, 4.69) is 47.7 Å². The first kappa shape index (κ1) is 19.1. The molecule has 0 atom stereocenters. The number of ether oxygens (including phenoxy) is 2. The van der Waals surface area contributed by atoms with E-state index in [0.29, 0.717) is 11.2 Å². The van der Waals surface area contributed by atoms with Gasteiger partial charge in [-0.2, -0.15) is 5.26 Å². The molecule has 1 aliphatic heterocycles. The van der Waals surface area contributed by atoms with Gasteiger partial charge in [0.2, 0.25) is 6.79 Å². The van der Waals surface area contributed by atoms with E-state index in [0.717, 1.165) is 44.9 Å². The van der Waals surface area contributed by atoms with E-state index in [9.17, 15) is 5.26 Å². The molecule has 0 saturated carbocycles. The SMILES string of the molecule is Cc1ccc(-c2cc(C=Cc3ccc4c(c3)OCO4)c(C#N)c3nc4ccccc4n23)cc1. The van der Waals surface area contributed by atoms with E-state index in [1.54, 1.807) is 0 Å². The predicted octanol–water partition coefficient (Wildman–Crippen LogP) is 6.23. The Bertz CT molecular complexity index is 1610. The van der Waals surface area contributed by atoms with Gasteiger partial charge in [-0.1, -0.05) is 60.2 Å². The van der Waals surface area contributed by atoms with Gasteiger partial charge in [-0.15, -0.1) is 0 Å². The summed E-state index contributed by atoms with van der Waals surface area (Å²) in [5, 5.41) is 10.1. The van der Waals surface area contributed by atoms with Gasteiger partial charge >= 0.3 is 0 Å². The van der Waals surface area contributed by atoms with Crippen molar-refractivity contribution in [3.05, 3.63) is 95.1 Å². The van der Waals surface area contributed by atoms with E-state index in [4.69, 9.17) is 14.5 Å². The third-order valence-electron chi connectivity index (χ3n) is 5.92. The smallest absolute Gasteiger partial charge is 0.231 e. The van der Waals surface area contributed by atoms with Crippen LogP contribution < -0.4 is 9.47 Å². The average Bonchev–Trinajstić information content (AvgIpc) is 3.47. The third kappa shape index (κ3) is 3.20. The van der Waals surface area contributed by atoms with Gasteiger partial charge in [-0.05, 0) is 53.9 Å². The van der Waals surface area contributed by atoms with Gasteiger partial charge in [-0.25, -0.2) is 4.98 Å². The standard InChI is InChI=1S/C28H19N3O2/c1-18-6-10-20(11-7-18)25-15-21(12-8-19-9-13-26-27(14-19)33-17-32-26)22(16-29)28-30-23-4-2-3-5-24(23)31(25)28/h2-15H,17H2,1H3. The molecule has 2 aromatic heterocycles. The first-order valence-electron chi connectivity index (χ1n) is 10.7. The van der Waals surface area contributed by atoms with Crippen molar-refractivity contribution < 1.29 is 9.47 Å². The molecule has 5 aromatic rings. The summed E-state index contributed by atoms with van der Waals surface area (Å²) in [6.45, 7) is 2.31. The van der Waals surface area contributed by atoms with Crippen molar-refractivity contribution in [2.45, 2.75) is 6.92 Å². The molecule has 33 heavy (non-hydrogen) atoms. The van der Waals surface area contributed by atoms with Gasteiger partial charge in [0.25, 0.3) is 0 Å². The molecular formula is C28H19N3O2. The molecule has 0 N–H and O–H groups in total. The summed E-state index contributed by atoms with van der Waals surface area (Å²) >= 11 is 0. The van der Waals surface area contributed by atoms with E-state index < -0.39 is 0 Å². The Morgan fingerprint density at radius 1 is 0.939 bits per heavy atom. The molecular weight excluding hydrogens is 410 g/mol. The lowest BCUT2D eigenvalue weighted by Gasteiger charge is -2.11. The molecule has 5 heteroatoms. The highest BCUT2D eigenvalue weighted by atomic mass is 16.7. The summed E-state index contributed by atoms with van der Waals surface area (Å²) in [7, 11) is 0. The van der Waals surface area contributed by atoms with Gasteiger partial charge in [0.1, 0.15) is 11.6 Å². The van der Waals surface area contributed by atoms with Crippen LogP contribution in [0.3, 0.4) is 0 Å². The van der Waals surface area contributed by atoms with Gasteiger partial charge in [0, 0.05) is 0 Å². The van der Waals surface area contributed by atoms with Crippen molar-refractivity contribution in [2.24, 2.45) is 0 Å².